The van der Waals surface area contributed by atoms with Gasteiger partial charge in [0.05, 0.1) is 5.02 Å². The Morgan fingerprint density at radius 2 is 2.00 bits per heavy atom. The molecule has 0 N–H and O–H groups in total. The van der Waals surface area contributed by atoms with E-state index < -0.39 is 0 Å². The van der Waals surface area contributed by atoms with Gasteiger partial charge in [-0.3, -0.25) is 0 Å². The molecule has 0 aromatic heterocycles. The van der Waals surface area contributed by atoms with Crippen molar-refractivity contribution in [3.8, 4) is 0 Å². The first-order chi connectivity index (χ1) is 5.65. The van der Waals surface area contributed by atoms with Gasteiger partial charge in [-0.2, -0.15) is 0 Å². The highest BCUT2D eigenvalue weighted by Crippen LogP contribution is 2.28. The molecule has 0 bridgehead atoms. The molecule has 0 saturated carbocycles. The summed E-state index contributed by atoms with van der Waals surface area (Å²) < 4.78 is 0. The maximum absolute atomic E-state index is 6.04. The van der Waals surface area contributed by atoms with Crippen molar-refractivity contribution in [2.24, 2.45) is 0 Å². The SMILES string of the molecule is CSc1ccc([C](C)C)cc1Cl. The molecular formula is C10H12ClS. The predicted molar refractivity (Wildman–Crippen MR) is 56.9 cm³/mol. The van der Waals surface area contributed by atoms with Crippen LogP contribution in [-0.4, -0.2) is 6.26 Å². The van der Waals surface area contributed by atoms with Gasteiger partial charge in [-0.1, -0.05) is 31.5 Å². The minimum atomic E-state index is 0.848. The molecule has 0 heterocycles. The van der Waals surface area contributed by atoms with E-state index >= 15 is 0 Å². The molecule has 1 rings (SSSR count). The summed E-state index contributed by atoms with van der Waals surface area (Å²) in [5.74, 6) is 1.30. The van der Waals surface area contributed by atoms with E-state index in [2.05, 4.69) is 26.0 Å². The van der Waals surface area contributed by atoms with Gasteiger partial charge in [0.25, 0.3) is 0 Å². The highest BCUT2D eigenvalue weighted by atomic mass is 35.5. The minimum absolute atomic E-state index is 0.848. The van der Waals surface area contributed by atoms with Crippen LogP contribution in [0.4, 0.5) is 0 Å². The van der Waals surface area contributed by atoms with Gasteiger partial charge < -0.3 is 0 Å². The molecule has 12 heavy (non-hydrogen) atoms. The number of hydrogen-bond acceptors (Lipinski definition) is 1. The van der Waals surface area contributed by atoms with E-state index in [9.17, 15) is 0 Å². The van der Waals surface area contributed by atoms with Crippen LogP contribution < -0.4 is 0 Å². The Morgan fingerprint density at radius 1 is 1.33 bits per heavy atom. The van der Waals surface area contributed by atoms with Crippen molar-refractivity contribution < 1.29 is 0 Å². The monoisotopic (exact) mass is 199 g/mol. The van der Waals surface area contributed by atoms with E-state index in [4.69, 9.17) is 11.6 Å². The van der Waals surface area contributed by atoms with Crippen LogP contribution in [-0.2, 0) is 0 Å². The topological polar surface area (TPSA) is 0 Å². The Kier molecular flexibility index (Phi) is 3.48. The van der Waals surface area contributed by atoms with Crippen LogP contribution in [0.5, 0.6) is 0 Å². The molecule has 1 aromatic carbocycles. The Balaban J connectivity index is 3.02. The summed E-state index contributed by atoms with van der Waals surface area (Å²) in [6.45, 7) is 4.18. The van der Waals surface area contributed by atoms with Gasteiger partial charge in [-0.05, 0) is 29.9 Å². The molecule has 1 aromatic rings. The molecule has 1 radical (unpaired) electrons. The van der Waals surface area contributed by atoms with Crippen molar-refractivity contribution in [1.82, 2.24) is 0 Å². The van der Waals surface area contributed by atoms with Gasteiger partial charge in [0.2, 0.25) is 0 Å². The zero-order valence-electron chi connectivity index (χ0n) is 7.52. The molecule has 65 valence electrons. The molecule has 0 atom stereocenters. The molecule has 2 heteroatoms. The summed E-state index contributed by atoms with van der Waals surface area (Å²) >= 11 is 7.71. The third-order valence-electron chi connectivity index (χ3n) is 1.73. The van der Waals surface area contributed by atoms with Crippen molar-refractivity contribution in [2.75, 3.05) is 6.26 Å². The van der Waals surface area contributed by atoms with Crippen molar-refractivity contribution in [3.05, 3.63) is 34.7 Å². The van der Waals surface area contributed by atoms with E-state index in [0.717, 1.165) is 9.92 Å². The number of rotatable bonds is 2. The fourth-order valence-electron chi connectivity index (χ4n) is 0.977. The zero-order chi connectivity index (χ0) is 9.14. The smallest absolute Gasteiger partial charge is 0.0544 e. The minimum Gasteiger partial charge on any atom is -0.128 e. The third-order valence-corrected chi connectivity index (χ3v) is 2.95. The lowest BCUT2D eigenvalue weighted by Crippen LogP contribution is -1.87. The third kappa shape index (κ3) is 2.18. The maximum Gasteiger partial charge on any atom is 0.0544 e. The second kappa shape index (κ2) is 4.20. The first-order valence-electron chi connectivity index (χ1n) is 3.79. The molecule has 0 fully saturated rings. The molecule has 0 spiro atoms. The summed E-state index contributed by atoms with van der Waals surface area (Å²) in [5, 5.41) is 0.848. The van der Waals surface area contributed by atoms with Crippen molar-refractivity contribution >= 4 is 23.4 Å². The van der Waals surface area contributed by atoms with Crippen molar-refractivity contribution in [2.45, 2.75) is 18.7 Å². The zero-order valence-corrected chi connectivity index (χ0v) is 9.09. The highest BCUT2D eigenvalue weighted by Gasteiger charge is 2.03. The number of benzene rings is 1. The Labute approximate surface area is 83.3 Å². The number of hydrogen-bond donors (Lipinski definition) is 0. The van der Waals surface area contributed by atoms with Crippen LogP contribution in [0.3, 0.4) is 0 Å². The lowest BCUT2D eigenvalue weighted by molar-refractivity contribution is 1.14. The van der Waals surface area contributed by atoms with Crippen LogP contribution in [0, 0.1) is 5.92 Å². The average molecular weight is 200 g/mol. The largest absolute Gasteiger partial charge is 0.128 e. The van der Waals surface area contributed by atoms with Gasteiger partial charge in [0.15, 0.2) is 0 Å². The Morgan fingerprint density at radius 3 is 2.42 bits per heavy atom. The lowest BCUT2D eigenvalue weighted by Gasteiger charge is -2.06. The quantitative estimate of drug-likeness (QED) is 0.649. The maximum atomic E-state index is 6.04. The van der Waals surface area contributed by atoms with Crippen molar-refractivity contribution in [3.63, 3.8) is 0 Å². The first-order valence-corrected chi connectivity index (χ1v) is 5.39. The van der Waals surface area contributed by atoms with Crippen LogP contribution in [0.2, 0.25) is 5.02 Å². The summed E-state index contributed by atoms with van der Waals surface area (Å²) in [7, 11) is 0. The normalized spacial score (nSPS) is 10.8. The van der Waals surface area contributed by atoms with Crippen LogP contribution in [0.25, 0.3) is 0 Å². The summed E-state index contributed by atoms with van der Waals surface area (Å²) in [6.07, 6.45) is 2.03. The van der Waals surface area contributed by atoms with Gasteiger partial charge >= 0.3 is 0 Å². The van der Waals surface area contributed by atoms with Crippen LogP contribution in [0.1, 0.15) is 19.4 Å². The first kappa shape index (κ1) is 9.94. The number of thioether (sulfide) groups is 1. The number of halogens is 1. The van der Waals surface area contributed by atoms with E-state index in [1.165, 1.54) is 11.5 Å². The molecule has 0 nitrogen and oxygen atoms in total. The predicted octanol–water partition coefficient (Wildman–Crippen LogP) is 4.02. The Bertz CT molecular complexity index is 269. The van der Waals surface area contributed by atoms with Gasteiger partial charge in [-0.25, -0.2) is 0 Å². The Hall–Kier alpha value is -0.140. The summed E-state index contributed by atoms with van der Waals surface area (Å²) in [6, 6.07) is 6.19. The highest BCUT2D eigenvalue weighted by molar-refractivity contribution is 7.98. The van der Waals surface area contributed by atoms with E-state index in [0.29, 0.717) is 0 Å². The van der Waals surface area contributed by atoms with Crippen LogP contribution in [0.15, 0.2) is 23.1 Å². The molecule has 0 aliphatic heterocycles. The fourth-order valence-corrected chi connectivity index (χ4v) is 1.85. The van der Waals surface area contributed by atoms with Gasteiger partial charge in [0.1, 0.15) is 0 Å². The molecule has 0 aliphatic carbocycles. The molecule has 0 unspecified atom stereocenters. The second-order valence-corrected chi connectivity index (χ2v) is 4.10. The average Bonchev–Trinajstić information content (AvgIpc) is 2.04. The fraction of sp³-hybridized carbons (Fsp3) is 0.300. The van der Waals surface area contributed by atoms with E-state index in [1.807, 2.05) is 12.3 Å². The van der Waals surface area contributed by atoms with E-state index in [1.54, 1.807) is 11.8 Å². The molecule has 0 amide bonds. The summed E-state index contributed by atoms with van der Waals surface area (Å²) in [5.41, 5.74) is 1.22. The van der Waals surface area contributed by atoms with Gasteiger partial charge in [0, 0.05) is 4.90 Å². The second-order valence-electron chi connectivity index (χ2n) is 2.85. The summed E-state index contributed by atoms with van der Waals surface area (Å²) in [4.78, 5) is 1.14. The molecule has 0 saturated heterocycles. The van der Waals surface area contributed by atoms with Crippen molar-refractivity contribution in [1.29, 1.82) is 0 Å². The molecule has 0 aliphatic rings. The van der Waals surface area contributed by atoms with Crippen LogP contribution >= 0.6 is 23.4 Å². The van der Waals surface area contributed by atoms with Gasteiger partial charge in [-0.15, -0.1) is 11.8 Å². The molecular weight excluding hydrogens is 188 g/mol. The van der Waals surface area contributed by atoms with E-state index in [-0.39, 0.29) is 0 Å². The standard InChI is InChI=1S/C10H12ClS/c1-7(2)8-4-5-10(12-3)9(11)6-8/h4-6H,1-3H3. The lowest BCUT2D eigenvalue weighted by atomic mass is 10.0.